The van der Waals surface area contributed by atoms with Gasteiger partial charge in [0.25, 0.3) is 0 Å². The van der Waals surface area contributed by atoms with Crippen molar-refractivity contribution in [1.82, 2.24) is 9.21 Å². The van der Waals surface area contributed by atoms with E-state index in [0.717, 1.165) is 12.8 Å². The quantitative estimate of drug-likeness (QED) is 0.797. The van der Waals surface area contributed by atoms with Crippen molar-refractivity contribution in [2.45, 2.75) is 30.7 Å². The lowest BCUT2D eigenvalue weighted by Crippen LogP contribution is -2.34. The van der Waals surface area contributed by atoms with Crippen LogP contribution in [-0.4, -0.2) is 68.5 Å². The third-order valence-corrected chi connectivity index (χ3v) is 6.00. The molecule has 0 amide bonds. The molecule has 0 saturated carbocycles. The Morgan fingerprint density at radius 3 is 2.67 bits per heavy atom. The number of carboxylic acids is 1. The molecule has 0 radical (unpaired) electrons. The lowest BCUT2D eigenvalue weighted by Gasteiger charge is -2.20. The van der Waals surface area contributed by atoms with Gasteiger partial charge in [-0.15, -0.1) is 0 Å². The maximum atomic E-state index is 12.8. The number of hydrogen-bond donors (Lipinski definition) is 1. The Morgan fingerprint density at radius 1 is 1.42 bits per heavy atom. The maximum absolute atomic E-state index is 12.8. The van der Waals surface area contributed by atoms with Crippen LogP contribution in [0.25, 0.3) is 0 Å². The van der Waals surface area contributed by atoms with Gasteiger partial charge in [0, 0.05) is 19.1 Å². The summed E-state index contributed by atoms with van der Waals surface area (Å²) >= 11 is 0. The van der Waals surface area contributed by atoms with Crippen LogP contribution >= 0.6 is 0 Å². The van der Waals surface area contributed by atoms with Crippen LogP contribution in [0, 0.1) is 0 Å². The molecule has 1 saturated heterocycles. The Balaban J connectivity index is 2.31. The highest BCUT2D eigenvalue weighted by Gasteiger charge is 2.34. The van der Waals surface area contributed by atoms with Crippen LogP contribution in [0.1, 0.15) is 30.1 Å². The number of sulfonamides is 1. The van der Waals surface area contributed by atoms with Gasteiger partial charge in [0.05, 0.1) is 11.5 Å². The van der Waals surface area contributed by atoms with Gasteiger partial charge in [0.15, 0.2) is 0 Å². The number of rotatable bonds is 7. The normalized spacial score (nSPS) is 18.9. The van der Waals surface area contributed by atoms with Crippen LogP contribution in [0.2, 0.25) is 0 Å². The van der Waals surface area contributed by atoms with Crippen molar-refractivity contribution in [3.8, 4) is 5.75 Å². The summed E-state index contributed by atoms with van der Waals surface area (Å²) in [4.78, 5) is 13.4. The minimum Gasteiger partial charge on any atom is -0.493 e. The summed E-state index contributed by atoms with van der Waals surface area (Å²) in [5, 5.41) is 9.34. The molecule has 1 atom stereocenters. The van der Waals surface area contributed by atoms with Crippen LogP contribution in [0.3, 0.4) is 0 Å². The number of ether oxygens (including phenoxy) is 1. The topological polar surface area (TPSA) is 87.2 Å². The van der Waals surface area contributed by atoms with Gasteiger partial charge in [-0.1, -0.05) is 6.92 Å². The molecule has 1 N–H and O–H groups in total. The summed E-state index contributed by atoms with van der Waals surface area (Å²) in [6.45, 7) is 3.13. The molecule has 0 aliphatic carbocycles. The molecule has 0 aromatic heterocycles. The van der Waals surface area contributed by atoms with E-state index < -0.39 is 16.0 Å². The zero-order valence-corrected chi connectivity index (χ0v) is 15.0. The number of benzene rings is 1. The van der Waals surface area contributed by atoms with Gasteiger partial charge < -0.3 is 14.7 Å². The number of hydrogen-bond acceptors (Lipinski definition) is 5. The second-order valence-corrected chi connectivity index (χ2v) is 8.02. The third-order valence-electron chi connectivity index (χ3n) is 4.14. The molecule has 0 spiro atoms. The van der Waals surface area contributed by atoms with Gasteiger partial charge in [-0.3, -0.25) is 0 Å². The standard InChI is InChI=1S/C16H24N2O5S/c1-4-9-23-15-6-5-13(10-14(15)16(19)20)24(21,22)18-8-7-12(11-18)17(2)3/h5-6,10,12H,4,7-9,11H2,1-3H3,(H,19,20)/t12-/m1/s1. The number of aromatic carboxylic acids is 1. The van der Waals surface area contributed by atoms with E-state index in [4.69, 9.17) is 4.74 Å². The highest BCUT2D eigenvalue weighted by Crippen LogP contribution is 2.27. The summed E-state index contributed by atoms with van der Waals surface area (Å²) in [6.07, 6.45) is 1.49. The fourth-order valence-corrected chi connectivity index (χ4v) is 4.19. The summed E-state index contributed by atoms with van der Waals surface area (Å²) in [6, 6.07) is 4.19. The first kappa shape index (κ1) is 18.7. The first-order valence-electron chi connectivity index (χ1n) is 7.94. The van der Waals surface area contributed by atoms with E-state index >= 15 is 0 Å². The van der Waals surface area contributed by atoms with Gasteiger partial charge in [-0.05, 0) is 45.1 Å². The molecule has 134 valence electrons. The molecule has 1 aromatic rings. The molecular weight excluding hydrogens is 332 g/mol. The molecule has 2 rings (SSSR count). The van der Waals surface area contributed by atoms with E-state index in [2.05, 4.69) is 0 Å². The monoisotopic (exact) mass is 356 g/mol. The van der Waals surface area contributed by atoms with Gasteiger partial charge in [0.1, 0.15) is 11.3 Å². The molecule has 1 fully saturated rings. The Hall–Kier alpha value is -1.64. The molecule has 1 heterocycles. The van der Waals surface area contributed by atoms with Crippen molar-refractivity contribution < 1.29 is 23.1 Å². The summed E-state index contributed by atoms with van der Waals surface area (Å²) in [7, 11) is 0.129. The van der Waals surface area contributed by atoms with Gasteiger partial charge in [-0.25, -0.2) is 13.2 Å². The average molecular weight is 356 g/mol. The highest BCUT2D eigenvalue weighted by atomic mass is 32.2. The lowest BCUT2D eigenvalue weighted by atomic mass is 10.2. The first-order valence-corrected chi connectivity index (χ1v) is 9.38. The van der Waals surface area contributed by atoms with Crippen molar-refractivity contribution in [2.24, 2.45) is 0 Å². The Kier molecular flexibility index (Phi) is 5.84. The SMILES string of the molecule is CCCOc1ccc(S(=O)(=O)N2CC[C@@H](N(C)C)C2)cc1C(=O)O. The lowest BCUT2D eigenvalue weighted by molar-refractivity contribution is 0.0692. The van der Waals surface area contributed by atoms with Crippen LogP contribution in [-0.2, 0) is 10.0 Å². The van der Waals surface area contributed by atoms with E-state index in [1.54, 1.807) is 0 Å². The second kappa shape index (κ2) is 7.50. The van der Waals surface area contributed by atoms with E-state index in [-0.39, 0.29) is 22.3 Å². The largest absolute Gasteiger partial charge is 0.493 e. The molecule has 0 unspecified atom stereocenters. The van der Waals surface area contributed by atoms with E-state index in [1.165, 1.54) is 22.5 Å². The predicted molar refractivity (Wildman–Crippen MR) is 90.0 cm³/mol. The molecule has 7 nitrogen and oxygen atoms in total. The minimum absolute atomic E-state index is 0.0110. The summed E-state index contributed by atoms with van der Waals surface area (Å²) in [5.41, 5.74) is -0.132. The summed E-state index contributed by atoms with van der Waals surface area (Å²) in [5.74, 6) is -1.01. The van der Waals surface area contributed by atoms with E-state index in [0.29, 0.717) is 19.7 Å². The Labute approximate surface area is 142 Å². The van der Waals surface area contributed by atoms with Crippen LogP contribution in [0.15, 0.2) is 23.1 Å². The molecule has 1 aliphatic heterocycles. The van der Waals surface area contributed by atoms with Crippen molar-refractivity contribution in [3.05, 3.63) is 23.8 Å². The third kappa shape index (κ3) is 3.88. The Bertz CT molecular complexity index is 702. The van der Waals surface area contributed by atoms with E-state index in [9.17, 15) is 18.3 Å². The van der Waals surface area contributed by atoms with Crippen molar-refractivity contribution in [3.63, 3.8) is 0 Å². The number of likely N-dealkylation sites (N-methyl/N-ethyl adjacent to an activating group) is 1. The zero-order chi connectivity index (χ0) is 17.9. The van der Waals surface area contributed by atoms with E-state index in [1.807, 2.05) is 25.9 Å². The van der Waals surface area contributed by atoms with Crippen LogP contribution in [0.4, 0.5) is 0 Å². The first-order chi connectivity index (χ1) is 11.3. The van der Waals surface area contributed by atoms with Crippen LogP contribution in [0.5, 0.6) is 5.75 Å². The molecule has 24 heavy (non-hydrogen) atoms. The minimum atomic E-state index is -3.71. The maximum Gasteiger partial charge on any atom is 0.339 e. The number of carbonyl (C=O) groups is 1. The van der Waals surface area contributed by atoms with Gasteiger partial charge in [0.2, 0.25) is 10.0 Å². The molecule has 1 aromatic carbocycles. The fourth-order valence-electron chi connectivity index (χ4n) is 2.67. The highest BCUT2D eigenvalue weighted by molar-refractivity contribution is 7.89. The van der Waals surface area contributed by atoms with Crippen molar-refractivity contribution >= 4 is 16.0 Å². The Morgan fingerprint density at radius 2 is 2.12 bits per heavy atom. The zero-order valence-electron chi connectivity index (χ0n) is 14.2. The van der Waals surface area contributed by atoms with Crippen LogP contribution < -0.4 is 4.74 Å². The average Bonchev–Trinajstić information content (AvgIpc) is 3.03. The molecular formula is C16H24N2O5S. The van der Waals surface area contributed by atoms with Crippen molar-refractivity contribution in [1.29, 1.82) is 0 Å². The molecule has 1 aliphatic rings. The number of carboxylic acid groups (broad SMARTS) is 1. The number of nitrogens with zero attached hydrogens (tertiary/aromatic N) is 2. The van der Waals surface area contributed by atoms with Gasteiger partial charge in [-0.2, -0.15) is 4.31 Å². The van der Waals surface area contributed by atoms with Gasteiger partial charge >= 0.3 is 5.97 Å². The smallest absolute Gasteiger partial charge is 0.339 e. The molecule has 0 bridgehead atoms. The predicted octanol–water partition coefficient (Wildman–Crippen LogP) is 1.50. The van der Waals surface area contributed by atoms with Crippen molar-refractivity contribution in [2.75, 3.05) is 33.8 Å². The second-order valence-electron chi connectivity index (χ2n) is 6.08. The molecule has 8 heteroatoms. The fraction of sp³-hybridized carbons (Fsp3) is 0.562. The summed E-state index contributed by atoms with van der Waals surface area (Å²) < 4.78 is 32.4.